The molecular formula is C29H38N4O2. The van der Waals surface area contributed by atoms with Crippen molar-refractivity contribution in [1.29, 1.82) is 0 Å². The molecule has 1 aromatic carbocycles. The standard InChI is InChI=1S/C29H38N4O2/c34-28(31-26-4-2-7-30-20-26)33-10-8-32(9-11-33)21-22-3-1-5-27(16-22)35-12-6-29-17-23-13-24(18-29)15-25(14-23)19-29/h1-5,7,16,20,23-25H,6,8-15,17-19,21H2,(H,31,34). The first-order chi connectivity index (χ1) is 17.1. The Morgan fingerprint density at radius 3 is 2.43 bits per heavy atom. The lowest BCUT2D eigenvalue weighted by molar-refractivity contribution is -0.0622. The van der Waals surface area contributed by atoms with E-state index in [4.69, 9.17) is 4.74 Å². The molecule has 1 aliphatic heterocycles. The van der Waals surface area contributed by atoms with Crippen molar-refractivity contribution in [2.45, 2.75) is 51.5 Å². The first-order valence-electron chi connectivity index (χ1n) is 13.5. The van der Waals surface area contributed by atoms with Gasteiger partial charge < -0.3 is 15.0 Å². The van der Waals surface area contributed by atoms with E-state index in [9.17, 15) is 4.79 Å². The van der Waals surface area contributed by atoms with E-state index in [1.54, 1.807) is 12.4 Å². The molecule has 5 aliphatic rings. The van der Waals surface area contributed by atoms with Gasteiger partial charge in [0.15, 0.2) is 0 Å². The first-order valence-corrected chi connectivity index (χ1v) is 13.5. The molecule has 5 fully saturated rings. The minimum atomic E-state index is -0.0490. The summed E-state index contributed by atoms with van der Waals surface area (Å²) >= 11 is 0. The second kappa shape index (κ2) is 9.81. The zero-order chi connectivity index (χ0) is 23.7. The van der Waals surface area contributed by atoms with E-state index < -0.39 is 0 Å². The van der Waals surface area contributed by atoms with E-state index in [-0.39, 0.29) is 6.03 Å². The lowest BCUT2D eigenvalue weighted by Crippen LogP contribution is -2.49. The largest absolute Gasteiger partial charge is 0.494 e. The van der Waals surface area contributed by atoms with Gasteiger partial charge in [0.05, 0.1) is 18.5 Å². The Balaban J connectivity index is 0.962. The van der Waals surface area contributed by atoms with Gasteiger partial charge in [-0.25, -0.2) is 4.79 Å². The van der Waals surface area contributed by atoms with Crippen LogP contribution in [0.5, 0.6) is 5.75 Å². The average molecular weight is 475 g/mol. The third kappa shape index (κ3) is 5.32. The van der Waals surface area contributed by atoms with Crippen LogP contribution in [-0.2, 0) is 6.54 Å². The number of pyridine rings is 1. The topological polar surface area (TPSA) is 57.7 Å². The number of piperazine rings is 1. The van der Waals surface area contributed by atoms with E-state index >= 15 is 0 Å². The SMILES string of the molecule is O=C(Nc1cccnc1)N1CCN(Cc2cccc(OCCC34CC5CC(CC(C5)C3)C4)c2)CC1. The van der Waals surface area contributed by atoms with Crippen molar-refractivity contribution >= 4 is 11.7 Å². The molecule has 4 bridgehead atoms. The van der Waals surface area contributed by atoms with E-state index in [0.29, 0.717) is 5.41 Å². The van der Waals surface area contributed by atoms with Crippen LogP contribution < -0.4 is 10.1 Å². The van der Waals surface area contributed by atoms with Crippen molar-refractivity contribution in [2.24, 2.45) is 23.2 Å². The van der Waals surface area contributed by atoms with Crippen LogP contribution >= 0.6 is 0 Å². The number of nitrogens with zero attached hydrogens (tertiary/aromatic N) is 3. The van der Waals surface area contributed by atoms with Crippen LogP contribution in [-0.4, -0.2) is 53.6 Å². The van der Waals surface area contributed by atoms with Crippen molar-refractivity contribution in [1.82, 2.24) is 14.8 Å². The summed E-state index contributed by atoms with van der Waals surface area (Å²) in [6.07, 6.45) is 13.5. The van der Waals surface area contributed by atoms with Crippen LogP contribution in [0.1, 0.15) is 50.5 Å². The normalized spacial score (nSPS) is 29.8. The Bertz CT molecular complexity index is 983. The van der Waals surface area contributed by atoms with Gasteiger partial charge in [0.2, 0.25) is 0 Å². The Labute approximate surface area is 209 Å². The fourth-order valence-corrected chi connectivity index (χ4v) is 7.72. The molecule has 186 valence electrons. The van der Waals surface area contributed by atoms with Gasteiger partial charge in [-0.3, -0.25) is 9.88 Å². The summed E-state index contributed by atoms with van der Waals surface area (Å²) in [5.74, 6) is 4.02. The highest BCUT2D eigenvalue weighted by Gasteiger charge is 2.50. The fourth-order valence-electron chi connectivity index (χ4n) is 7.72. The van der Waals surface area contributed by atoms with Crippen molar-refractivity contribution in [2.75, 3.05) is 38.1 Å². The quantitative estimate of drug-likeness (QED) is 0.582. The number of carbonyl (C=O) groups is 1. The monoisotopic (exact) mass is 474 g/mol. The summed E-state index contributed by atoms with van der Waals surface area (Å²) in [6, 6.07) is 12.3. The molecule has 4 aliphatic carbocycles. The highest BCUT2D eigenvalue weighted by molar-refractivity contribution is 5.89. The van der Waals surface area contributed by atoms with Crippen molar-refractivity contribution in [3.8, 4) is 5.75 Å². The van der Waals surface area contributed by atoms with Gasteiger partial charge in [-0.2, -0.15) is 0 Å². The van der Waals surface area contributed by atoms with Gasteiger partial charge in [-0.15, -0.1) is 0 Å². The Morgan fingerprint density at radius 1 is 1.00 bits per heavy atom. The maximum absolute atomic E-state index is 12.5. The van der Waals surface area contributed by atoms with Gasteiger partial charge in [-0.05, 0) is 97.9 Å². The first kappa shape index (κ1) is 22.8. The molecule has 1 aromatic heterocycles. The molecule has 2 heterocycles. The Kier molecular flexibility index (Phi) is 6.40. The summed E-state index contributed by atoms with van der Waals surface area (Å²) in [5.41, 5.74) is 2.60. The second-order valence-electron chi connectivity index (χ2n) is 11.6. The predicted molar refractivity (Wildman–Crippen MR) is 137 cm³/mol. The number of rotatable bonds is 7. The number of urea groups is 1. The maximum atomic E-state index is 12.5. The molecular weight excluding hydrogens is 436 g/mol. The lowest BCUT2D eigenvalue weighted by Gasteiger charge is -2.57. The van der Waals surface area contributed by atoms with Gasteiger partial charge >= 0.3 is 6.03 Å². The highest BCUT2D eigenvalue weighted by Crippen LogP contribution is 2.61. The van der Waals surface area contributed by atoms with E-state index in [0.717, 1.165) is 68.5 Å². The van der Waals surface area contributed by atoms with Crippen molar-refractivity contribution in [3.05, 3.63) is 54.4 Å². The molecule has 0 unspecified atom stereocenters. The zero-order valence-electron chi connectivity index (χ0n) is 20.7. The molecule has 35 heavy (non-hydrogen) atoms. The summed E-state index contributed by atoms with van der Waals surface area (Å²) in [4.78, 5) is 20.9. The molecule has 1 saturated heterocycles. The van der Waals surface area contributed by atoms with Crippen LogP contribution in [0.4, 0.5) is 10.5 Å². The molecule has 1 N–H and O–H groups in total. The summed E-state index contributed by atoms with van der Waals surface area (Å²) in [6.45, 7) is 4.94. The number of benzene rings is 1. The predicted octanol–water partition coefficient (Wildman–Crippen LogP) is 5.42. The summed E-state index contributed by atoms with van der Waals surface area (Å²) in [5, 5.41) is 2.93. The lowest BCUT2D eigenvalue weighted by atomic mass is 9.49. The minimum absolute atomic E-state index is 0.0490. The maximum Gasteiger partial charge on any atom is 0.321 e. The zero-order valence-corrected chi connectivity index (χ0v) is 20.7. The molecule has 4 saturated carbocycles. The number of ether oxygens (including phenoxy) is 1. The van der Waals surface area contributed by atoms with Gasteiger partial charge in [-0.1, -0.05) is 12.1 Å². The third-order valence-corrected chi connectivity index (χ3v) is 8.94. The van der Waals surface area contributed by atoms with Gasteiger partial charge in [0.25, 0.3) is 0 Å². The Morgan fingerprint density at radius 2 is 1.74 bits per heavy atom. The molecule has 6 heteroatoms. The number of nitrogens with one attached hydrogen (secondary N) is 1. The molecule has 0 spiro atoms. The summed E-state index contributed by atoms with van der Waals surface area (Å²) in [7, 11) is 0. The van der Waals surface area contributed by atoms with E-state index in [1.807, 2.05) is 17.0 Å². The van der Waals surface area contributed by atoms with Crippen LogP contribution in [0.2, 0.25) is 0 Å². The van der Waals surface area contributed by atoms with Gasteiger partial charge in [0, 0.05) is 38.9 Å². The highest BCUT2D eigenvalue weighted by atomic mass is 16.5. The number of anilines is 1. The van der Waals surface area contributed by atoms with Crippen LogP contribution in [0.25, 0.3) is 0 Å². The molecule has 2 amide bonds. The molecule has 6 nitrogen and oxygen atoms in total. The van der Waals surface area contributed by atoms with Crippen molar-refractivity contribution < 1.29 is 9.53 Å². The van der Waals surface area contributed by atoms with E-state index in [2.05, 4.69) is 39.5 Å². The van der Waals surface area contributed by atoms with Crippen molar-refractivity contribution in [3.63, 3.8) is 0 Å². The fraction of sp³-hybridized carbons (Fsp3) is 0.586. The second-order valence-corrected chi connectivity index (χ2v) is 11.6. The van der Waals surface area contributed by atoms with Gasteiger partial charge in [0.1, 0.15) is 5.75 Å². The molecule has 7 rings (SSSR count). The van der Waals surface area contributed by atoms with E-state index in [1.165, 1.54) is 50.5 Å². The van der Waals surface area contributed by atoms with Crippen LogP contribution in [0, 0.1) is 23.2 Å². The van der Waals surface area contributed by atoms with Crippen LogP contribution in [0.15, 0.2) is 48.8 Å². The molecule has 0 atom stereocenters. The number of carbonyl (C=O) groups excluding carboxylic acids is 1. The average Bonchev–Trinajstić information content (AvgIpc) is 2.84. The minimum Gasteiger partial charge on any atom is -0.494 e. The summed E-state index contributed by atoms with van der Waals surface area (Å²) < 4.78 is 6.30. The molecule has 2 aromatic rings. The third-order valence-electron chi connectivity index (χ3n) is 8.94. The smallest absolute Gasteiger partial charge is 0.321 e. The van der Waals surface area contributed by atoms with Crippen LogP contribution in [0.3, 0.4) is 0 Å². The number of hydrogen-bond acceptors (Lipinski definition) is 4. The number of hydrogen-bond donors (Lipinski definition) is 1. The number of aromatic nitrogens is 1. The molecule has 0 radical (unpaired) electrons. The Hall–Kier alpha value is -2.60. The number of amides is 2.